The van der Waals surface area contributed by atoms with Gasteiger partial charge in [-0.05, 0) is 108 Å². The highest BCUT2D eigenvalue weighted by Gasteiger charge is 2.29. The number of phenols is 6. The molecule has 258 valence electrons. The molecule has 0 saturated heterocycles. The summed E-state index contributed by atoms with van der Waals surface area (Å²) in [5.74, 6) is -1.13. The normalized spacial score (nSPS) is 12.2. The highest BCUT2D eigenvalue weighted by Crippen LogP contribution is 2.46. The van der Waals surface area contributed by atoms with Crippen LogP contribution < -0.4 is 28.4 Å². The van der Waals surface area contributed by atoms with E-state index in [9.17, 15) is 30.6 Å². The van der Waals surface area contributed by atoms with Crippen molar-refractivity contribution in [3.8, 4) is 69.0 Å². The van der Waals surface area contributed by atoms with Crippen LogP contribution in [0.1, 0.15) is 34.6 Å². The third-order valence-corrected chi connectivity index (χ3v) is 8.43. The second-order valence-electron chi connectivity index (χ2n) is 11.3. The van der Waals surface area contributed by atoms with E-state index in [-0.39, 0.29) is 18.3 Å². The van der Waals surface area contributed by atoms with Crippen LogP contribution in [0.5, 0.6) is 69.0 Å². The molecule has 48 heavy (non-hydrogen) atoms. The third-order valence-electron chi connectivity index (χ3n) is 8.43. The molecule has 4 aromatic carbocycles. The van der Waals surface area contributed by atoms with Crippen molar-refractivity contribution in [2.24, 2.45) is 5.92 Å². The Morgan fingerprint density at radius 3 is 1.21 bits per heavy atom. The van der Waals surface area contributed by atoms with Gasteiger partial charge in [-0.2, -0.15) is 0 Å². The summed E-state index contributed by atoms with van der Waals surface area (Å²) in [6.07, 6.45) is 1.61. The summed E-state index contributed by atoms with van der Waals surface area (Å²) in [6.45, 7) is 0. The van der Waals surface area contributed by atoms with Crippen molar-refractivity contribution in [2.45, 2.75) is 31.6 Å². The fourth-order valence-electron chi connectivity index (χ4n) is 6.06. The van der Waals surface area contributed by atoms with Gasteiger partial charge in [-0.15, -0.1) is 0 Å². The van der Waals surface area contributed by atoms with Crippen molar-refractivity contribution in [3.05, 3.63) is 70.8 Å². The van der Waals surface area contributed by atoms with Crippen molar-refractivity contribution < 1.29 is 59.1 Å². The molecule has 0 bridgehead atoms. The van der Waals surface area contributed by atoms with Gasteiger partial charge in [-0.25, -0.2) is 0 Å². The molecule has 0 aromatic heterocycles. The highest BCUT2D eigenvalue weighted by molar-refractivity contribution is 5.57. The minimum Gasteiger partial charge on any atom is -0.504 e. The lowest BCUT2D eigenvalue weighted by atomic mass is 9.75. The smallest absolute Gasteiger partial charge is 0.203 e. The number of hydrogen-bond acceptors (Lipinski definition) is 12. The van der Waals surface area contributed by atoms with Gasteiger partial charge in [0.15, 0.2) is 57.5 Å². The van der Waals surface area contributed by atoms with Gasteiger partial charge in [0.05, 0.1) is 42.7 Å². The van der Waals surface area contributed by atoms with Crippen LogP contribution in [0.2, 0.25) is 0 Å². The zero-order chi connectivity index (χ0) is 35.1. The monoisotopic (exact) mass is 666 g/mol. The average Bonchev–Trinajstić information content (AvgIpc) is 3.08. The van der Waals surface area contributed by atoms with E-state index >= 15 is 0 Å². The molecule has 0 unspecified atom stereocenters. The minimum absolute atomic E-state index is 0.260. The van der Waals surface area contributed by atoms with Crippen LogP contribution in [0.25, 0.3) is 0 Å². The molecule has 4 rings (SSSR count). The second kappa shape index (κ2) is 15.4. The van der Waals surface area contributed by atoms with Gasteiger partial charge in [0, 0.05) is 0 Å². The average molecular weight is 667 g/mol. The van der Waals surface area contributed by atoms with E-state index in [1.165, 1.54) is 66.9 Å². The molecule has 0 amide bonds. The summed E-state index contributed by atoms with van der Waals surface area (Å²) < 4.78 is 33.5. The van der Waals surface area contributed by atoms with Gasteiger partial charge >= 0.3 is 0 Å². The van der Waals surface area contributed by atoms with Crippen molar-refractivity contribution >= 4 is 0 Å². The van der Waals surface area contributed by atoms with E-state index in [0.29, 0.717) is 64.9 Å². The third kappa shape index (κ3) is 7.54. The predicted octanol–water partition coefficient (Wildman–Crippen LogP) is 5.79. The fourth-order valence-corrected chi connectivity index (χ4v) is 6.06. The molecular weight excluding hydrogens is 624 g/mol. The first-order chi connectivity index (χ1) is 23.0. The SMILES string of the molecule is COc1cc(CC[C@H](Cc2cc(O)c(O)c(O)c2)[C@@H](Cc2cc(O)c(O)c(O)c2)c2cc(OC)c(OC)c(OC)c2)cc(OC)c1OC. The Morgan fingerprint density at radius 1 is 0.458 bits per heavy atom. The Balaban J connectivity index is 1.90. The van der Waals surface area contributed by atoms with Gasteiger partial charge in [-0.1, -0.05) is 0 Å². The van der Waals surface area contributed by atoms with Crippen molar-refractivity contribution in [1.29, 1.82) is 0 Å². The molecule has 0 aliphatic rings. The molecule has 6 N–H and O–H groups in total. The van der Waals surface area contributed by atoms with Crippen molar-refractivity contribution in [3.63, 3.8) is 0 Å². The van der Waals surface area contributed by atoms with Gasteiger partial charge in [0.2, 0.25) is 11.5 Å². The Morgan fingerprint density at radius 2 is 0.833 bits per heavy atom. The van der Waals surface area contributed by atoms with Crippen LogP contribution in [0.3, 0.4) is 0 Å². The summed E-state index contributed by atoms with van der Waals surface area (Å²) in [7, 11) is 9.13. The summed E-state index contributed by atoms with van der Waals surface area (Å²) in [6, 6.07) is 12.9. The molecule has 0 saturated carbocycles. The van der Waals surface area contributed by atoms with Crippen molar-refractivity contribution in [2.75, 3.05) is 42.7 Å². The Kier molecular flexibility index (Phi) is 11.3. The van der Waals surface area contributed by atoms with E-state index in [1.54, 1.807) is 0 Å². The topological polar surface area (TPSA) is 177 Å². The molecule has 0 heterocycles. The van der Waals surface area contributed by atoms with Gasteiger partial charge in [0.1, 0.15) is 0 Å². The van der Waals surface area contributed by atoms with Crippen molar-refractivity contribution in [1.82, 2.24) is 0 Å². The van der Waals surface area contributed by atoms with Gasteiger partial charge in [-0.3, -0.25) is 0 Å². The molecule has 0 aliphatic heterocycles. The summed E-state index contributed by atoms with van der Waals surface area (Å²) in [5.41, 5.74) is 2.72. The summed E-state index contributed by atoms with van der Waals surface area (Å²) >= 11 is 0. The molecule has 0 fully saturated rings. The number of rotatable bonds is 15. The first-order valence-corrected chi connectivity index (χ1v) is 15.0. The highest BCUT2D eigenvalue weighted by atomic mass is 16.5. The lowest BCUT2D eigenvalue weighted by Gasteiger charge is -2.30. The van der Waals surface area contributed by atoms with Crippen LogP contribution in [0.15, 0.2) is 48.5 Å². The molecule has 0 aliphatic carbocycles. The number of ether oxygens (including phenoxy) is 6. The number of benzene rings is 4. The molecule has 0 radical (unpaired) electrons. The zero-order valence-electron chi connectivity index (χ0n) is 27.7. The van der Waals surface area contributed by atoms with Gasteiger partial charge < -0.3 is 59.1 Å². The quantitative estimate of drug-likeness (QED) is 0.0844. The van der Waals surface area contributed by atoms with E-state index in [1.807, 2.05) is 24.3 Å². The molecule has 12 heteroatoms. The molecular formula is C36H42O12. The lowest BCUT2D eigenvalue weighted by Crippen LogP contribution is -2.20. The maximum Gasteiger partial charge on any atom is 0.203 e. The zero-order valence-corrected chi connectivity index (χ0v) is 27.7. The first kappa shape index (κ1) is 35.3. The van der Waals surface area contributed by atoms with Crippen LogP contribution >= 0.6 is 0 Å². The first-order valence-electron chi connectivity index (χ1n) is 15.0. The van der Waals surface area contributed by atoms with Crippen LogP contribution in [0.4, 0.5) is 0 Å². The van der Waals surface area contributed by atoms with E-state index in [4.69, 9.17) is 28.4 Å². The van der Waals surface area contributed by atoms with E-state index in [2.05, 4.69) is 0 Å². The molecule has 0 spiro atoms. The van der Waals surface area contributed by atoms with Crippen LogP contribution in [0, 0.1) is 5.92 Å². The largest absolute Gasteiger partial charge is 0.504 e. The van der Waals surface area contributed by atoms with E-state index < -0.39 is 34.5 Å². The minimum atomic E-state index is -0.628. The Bertz CT molecular complexity index is 1640. The number of methoxy groups -OCH3 is 6. The maximum absolute atomic E-state index is 10.4. The number of aromatic hydroxyl groups is 6. The Labute approximate surface area is 278 Å². The maximum atomic E-state index is 10.4. The summed E-state index contributed by atoms with van der Waals surface area (Å²) in [5, 5.41) is 61.6. The number of aryl methyl sites for hydroxylation is 1. The Hall–Kier alpha value is -5.52. The standard InChI is InChI=1S/C36H42O12/c1-43-29-15-19(16-30(44-2)35(29)47-5)7-8-22(9-20-11-25(37)33(41)26(38)12-20)24(10-21-13-27(39)34(42)28(40)14-21)23-17-31(45-3)36(48-6)32(18-23)46-4/h11-18,22,24,37-42H,7-10H2,1-6H3/t22-,24-/m1/s1. The molecule has 12 nitrogen and oxygen atoms in total. The predicted molar refractivity (Wildman–Crippen MR) is 177 cm³/mol. The second-order valence-corrected chi connectivity index (χ2v) is 11.3. The molecule has 2 atom stereocenters. The van der Waals surface area contributed by atoms with Crippen LogP contribution in [-0.4, -0.2) is 73.3 Å². The molecule has 4 aromatic rings. The van der Waals surface area contributed by atoms with Crippen LogP contribution in [-0.2, 0) is 19.3 Å². The number of phenolic OH excluding ortho intramolecular Hbond substituents is 6. The van der Waals surface area contributed by atoms with E-state index in [0.717, 1.165) is 11.1 Å². The fraction of sp³-hybridized carbons (Fsp3) is 0.333. The van der Waals surface area contributed by atoms with Gasteiger partial charge in [0.25, 0.3) is 0 Å². The summed E-state index contributed by atoms with van der Waals surface area (Å²) in [4.78, 5) is 0. The number of hydrogen-bond donors (Lipinski definition) is 6. The lowest BCUT2D eigenvalue weighted by molar-refractivity contribution is 0.320.